The molecular formula is C16H25ClN2O2. The maximum atomic E-state index is 12.1. The molecule has 0 aromatic heterocycles. The molecule has 2 rings (SSSR count). The van der Waals surface area contributed by atoms with Crippen molar-refractivity contribution in [1.82, 2.24) is 10.2 Å². The van der Waals surface area contributed by atoms with Gasteiger partial charge in [0.1, 0.15) is 5.75 Å². The van der Waals surface area contributed by atoms with E-state index >= 15 is 0 Å². The van der Waals surface area contributed by atoms with Crippen molar-refractivity contribution < 1.29 is 9.53 Å². The Kier molecular flexibility index (Phi) is 7.54. The second-order valence-corrected chi connectivity index (χ2v) is 5.27. The van der Waals surface area contributed by atoms with Gasteiger partial charge in [-0.2, -0.15) is 0 Å². The summed E-state index contributed by atoms with van der Waals surface area (Å²) >= 11 is 0. The summed E-state index contributed by atoms with van der Waals surface area (Å²) in [6.07, 6.45) is 3.05. The van der Waals surface area contributed by atoms with E-state index in [9.17, 15) is 4.79 Å². The summed E-state index contributed by atoms with van der Waals surface area (Å²) in [5.74, 6) is 0.811. The molecule has 1 aromatic rings. The first-order chi connectivity index (χ1) is 9.70. The summed E-state index contributed by atoms with van der Waals surface area (Å²) in [7, 11) is 1.88. The molecular weight excluding hydrogens is 288 g/mol. The lowest BCUT2D eigenvalue weighted by molar-refractivity contribution is -0.134. The van der Waals surface area contributed by atoms with Crippen molar-refractivity contribution in [3.8, 4) is 5.75 Å². The average Bonchev–Trinajstić information content (AvgIpc) is 2.53. The molecule has 1 saturated heterocycles. The number of carbonyl (C=O) groups is 1. The Morgan fingerprint density at radius 3 is 2.48 bits per heavy atom. The number of carbonyl (C=O) groups excluding carboxylic acids is 1. The van der Waals surface area contributed by atoms with Crippen LogP contribution in [0.2, 0.25) is 0 Å². The van der Waals surface area contributed by atoms with Crippen molar-refractivity contribution in [3.05, 3.63) is 29.8 Å². The highest BCUT2D eigenvalue weighted by Crippen LogP contribution is 2.14. The van der Waals surface area contributed by atoms with Gasteiger partial charge < -0.3 is 15.0 Å². The standard InChI is InChI=1S/C16H24N2O2.ClH/c1-3-13-4-6-15(7-5-13)20-12-16(19)18(2)14-8-10-17-11-9-14;/h4-7,14,17H,3,8-12H2,1-2H3;1H. The van der Waals surface area contributed by atoms with Gasteiger partial charge in [0.25, 0.3) is 5.91 Å². The van der Waals surface area contributed by atoms with Crippen LogP contribution in [0.25, 0.3) is 0 Å². The molecule has 1 aliphatic rings. The Balaban J connectivity index is 0.00000220. The van der Waals surface area contributed by atoms with Crippen LogP contribution in [0, 0.1) is 0 Å². The fourth-order valence-corrected chi connectivity index (χ4v) is 2.47. The number of nitrogens with zero attached hydrogens (tertiary/aromatic N) is 1. The zero-order chi connectivity index (χ0) is 14.4. The van der Waals surface area contributed by atoms with Crippen LogP contribution in [0.5, 0.6) is 5.75 Å². The number of nitrogens with one attached hydrogen (secondary N) is 1. The molecule has 1 fully saturated rings. The van der Waals surface area contributed by atoms with Crippen molar-refractivity contribution in [3.63, 3.8) is 0 Å². The lowest BCUT2D eigenvalue weighted by atomic mass is 10.1. The van der Waals surface area contributed by atoms with Gasteiger partial charge in [0.15, 0.2) is 6.61 Å². The molecule has 21 heavy (non-hydrogen) atoms. The third-order valence-corrected chi connectivity index (χ3v) is 3.94. The van der Waals surface area contributed by atoms with Gasteiger partial charge in [0.2, 0.25) is 0 Å². The van der Waals surface area contributed by atoms with Crippen LogP contribution in [-0.4, -0.2) is 43.6 Å². The molecule has 0 spiro atoms. The number of likely N-dealkylation sites (N-methyl/N-ethyl adjacent to an activating group) is 1. The molecule has 1 heterocycles. The lowest BCUT2D eigenvalue weighted by Crippen LogP contribution is -2.45. The molecule has 1 N–H and O–H groups in total. The van der Waals surface area contributed by atoms with Crippen molar-refractivity contribution >= 4 is 18.3 Å². The van der Waals surface area contributed by atoms with Crippen LogP contribution in [0.4, 0.5) is 0 Å². The summed E-state index contributed by atoms with van der Waals surface area (Å²) in [5, 5.41) is 3.31. The second-order valence-electron chi connectivity index (χ2n) is 5.27. The third-order valence-electron chi connectivity index (χ3n) is 3.94. The van der Waals surface area contributed by atoms with Crippen molar-refractivity contribution in [2.24, 2.45) is 0 Å². The highest BCUT2D eigenvalue weighted by atomic mass is 35.5. The molecule has 0 radical (unpaired) electrons. The number of ether oxygens (including phenoxy) is 1. The van der Waals surface area contributed by atoms with Gasteiger partial charge in [-0.25, -0.2) is 0 Å². The Morgan fingerprint density at radius 1 is 1.29 bits per heavy atom. The number of benzene rings is 1. The van der Waals surface area contributed by atoms with Gasteiger partial charge in [-0.1, -0.05) is 19.1 Å². The fraction of sp³-hybridized carbons (Fsp3) is 0.562. The van der Waals surface area contributed by atoms with Crippen molar-refractivity contribution in [2.75, 3.05) is 26.7 Å². The summed E-state index contributed by atoms with van der Waals surface area (Å²) in [4.78, 5) is 14.0. The molecule has 4 nitrogen and oxygen atoms in total. The maximum Gasteiger partial charge on any atom is 0.260 e. The maximum absolute atomic E-state index is 12.1. The smallest absolute Gasteiger partial charge is 0.260 e. The van der Waals surface area contributed by atoms with E-state index in [0.717, 1.165) is 38.1 Å². The van der Waals surface area contributed by atoms with E-state index in [-0.39, 0.29) is 24.9 Å². The Bertz CT molecular complexity index is 430. The van der Waals surface area contributed by atoms with Crippen molar-refractivity contribution in [1.29, 1.82) is 0 Å². The predicted molar refractivity (Wildman–Crippen MR) is 87.2 cm³/mol. The van der Waals surface area contributed by atoms with Crippen LogP contribution in [0.15, 0.2) is 24.3 Å². The van der Waals surface area contributed by atoms with Crippen LogP contribution in [-0.2, 0) is 11.2 Å². The number of amides is 1. The Morgan fingerprint density at radius 2 is 1.90 bits per heavy atom. The quantitative estimate of drug-likeness (QED) is 0.907. The normalized spacial score (nSPS) is 15.1. The van der Waals surface area contributed by atoms with Gasteiger partial charge in [-0.3, -0.25) is 4.79 Å². The van der Waals surface area contributed by atoms with E-state index in [1.54, 1.807) is 0 Å². The summed E-state index contributed by atoms with van der Waals surface area (Å²) in [5.41, 5.74) is 1.27. The first-order valence-corrected chi connectivity index (χ1v) is 7.39. The summed E-state index contributed by atoms with van der Waals surface area (Å²) < 4.78 is 5.57. The number of hydrogen-bond acceptors (Lipinski definition) is 3. The largest absolute Gasteiger partial charge is 0.484 e. The monoisotopic (exact) mass is 312 g/mol. The topological polar surface area (TPSA) is 41.6 Å². The predicted octanol–water partition coefficient (Wildman–Crippen LogP) is 2.26. The minimum Gasteiger partial charge on any atom is -0.484 e. The van der Waals surface area contributed by atoms with E-state index in [0.29, 0.717) is 6.04 Å². The molecule has 0 unspecified atom stereocenters. The zero-order valence-corrected chi connectivity index (χ0v) is 13.6. The van der Waals surface area contributed by atoms with Crippen LogP contribution >= 0.6 is 12.4 Å². The molecule has 0 saturated carbocycles. The Labute approximate surface area is 133 Å². The number of hydrogen-bond donors (Lipinski definition) is 1. The van der Waals surface area contributed by atoms with Gasteiger partial charge in [0.05, 0.1) is 0 Å². The van der Waals surface area contributed by atoms with Crippen molar-refractivity contribution in [2.45, 2.75) is 32.2 Å². The molecule has 118 valence electrons. The van der Waals surface area contributed by atoms with E-state index in [4.69, 9.17) is 4.74 Å². The highest BCUT2D eigenvalue weighted by molar-refractivity contribution is 5.85. The lowest BCUT2D eigenvalue weighted by Gasteiger charge is -2.31. The van der Waals surface area contributed by atoms with Gasteiger partial charge in [-0.15, -0.1) is 12.4 Å². The van der Waals surface area contributed by atoms with E-state index < -0.39 is 0 Å². The average molecular weight is 313 g/mol. The first kappa shape index (κ1) is 17.8. The van der Waals surface area contributed by atoms with Crippen LogP contribution < -0.4 is 10.1 Å². The minimum absolute atomic E-state index is 0. The van der Waals surface area contributed by atoms with Gasteiger partial charge >= 0.3 is 0 Å². The molecule has 0 bridgehead atoms. The Hall–Kier alpha value is -1.26. The van der Waals surface area contributed by atoms with Gasteiger partial charge in [0, 0.05) is 13.1 Å². The number of rotatable bonds is 5. The van der Waals surface area contributed by atoms with E-state index in [2.05, 4.69) is 12.2 Å². The highest BCUT2D eigenvalue weighted by Gasteiger charge is 2.21. The number of halogens is 1. The third kappa shape index (κ3) is 5.21. The minimum atomic E-state index is 0. The van der Waals surface area contributed by atoms with Gasteiger partial charge in [-0.05, 0) is 50.0 Å². The molecule has 5 heteroatoms. The number of piperidine rings is 1. The molecule has 0 aliphatic carbocycles. The molecule has 1 amide bonds. The van der Waals surface area contributed by atoms with E-state index in [1.807, 2.05) is 36.2 Å². The first-order valence-electron chi connectivity index (χ1n) is 7.39. The summed E-state index contributed by atoms with van der Waals surface area (Å²) in [6, 6.07) is 8.27. The number of aryl methyl sites for hydroxylation is 1. The fourth-order valence-electron chi connectivity index (χ4n) is 2.47. The SMILES string of the molecule is CCc1ccc(OCC(=O)N(C)C2CCNCC2)cc1.Cl. The van der Waals surface area contributed by atoms with Crippen LogP contribution in [0.1, 0.15) is 25.3 Å². The van der Waals surface area contributed by atoms with E-state index in [1.165, 1.54) is 5.56 Å². The molecule has 1 aromatic carbocycles. The summed E-state index contributed by atoms with van der Waals surface area (Å²) in [6.45, 7) is 4.21. The molecule has 0 atom stereocenters. The molecule has 1 aliphatic heterocycles. The zero-order valence-electron chi connectivity index (χ0n) is 12.8. The van der Waals surface area contributed by atoms with Crippen LogP contribution in [0.3, 0.4) is 0 Å². The second kappa shape index (κ2) is 8.90.